The molecular formula is C20H18F3N5O3. The van der Waals surface area contributed by atoms with Crippen LogP contribution in [-0.4, -0.2) is 57.9 Å². The molecule has 0 spiro atoms. The number of ether oxygens (including phenoxy) is 1. The summed E-state index contributed by atoms with van der Waals surface area (Å²) < 4.78 is 42.9. The molecule has 11 heteroatoms. The topological polar surface area (TPSA) is 92.5 Å². The lowest BCUT2D eigenvalue weighted by Crippen LogP contribution is -2.40. The summed E-state index contributed by atoms with van der Waals surface area (Å²) in [6.45, 7) is 1.82. The van der Waals surface area contributed by atoms with Crippen molar-refractivity contribution in [2.45, 2.75) is 24.8 Å². The third-order valence-corrected chi connectivity index (χ3v) is 5.52. The monoisotopic (exact) mass is 433 g/mol. The van der Waals surface area contributed by atoms with Crippen LogP contribution in [0.4, 0.5) is 18.9 Å². The number of halogens is 3. The van der Waals surface area contributed by atoms with Crippen LogP contribution in [0.2, 0.25) is 0 Å². The Morgan fingerprint density at radius 2 is 1.90 bits per heavy atom. The van der Waals surface area contributed by atoms with Crippen molar-refractivity contribution in [2.24, 2.45) is 0 Å². The highest BCUT2D eigenvalue weighted by Gasteiger charge is 2.35. The Labute approximate surface area is 174 Å². The normalized spacial score (nSPS) is 19.8. The second kappa shape index (κ2) is 7.20. The van der Waals surface area contributed by atoms with Crippen LogP contribution < -0.4 is 15.0 Å². The number of hydrogen-bond donors (Lipinski definition) is 2. The molecule has 0 aliphatic carbocycles. The maximum absolute atomic E-state index is 12.5. The highest BCUT2D eigenvalue weighted by atomic mass is 19.4. The van der Waals surface area contributed by atoms with Crippen LogP contribution in [0.25, 0.3) is 16.7 Å². The summed E-state index contributed by atoms with van der Waals surface area (Å²) in [5, 5.41) is 18.5. The molecule has 1 amide bonds. The Kier molecular flexibility index (Phi) is 4.59. The number of pyridine rings is 1. The number of benzene rings is 1. The molecule has 2 saturated heterocycles. The summed E-state index contributed by atoms with van der Waals surface area (Å²) in [5.41, 5.74) is 2.37. The first-order valence-corrected chi connectivity index (χ1v) is 9.76. The fourth-order valence-corrected chi connectivity index (χ4v) is 3.92. The quantitative estimate of drug-likeness (QED) is 0.655. The van der Waals surface area contributed by atoms with E-state index in [1.807, 2.05) is 0 Å². The van der Waals surface area contributed by atoms with Gasteiger partial charge in [-0.1, -0.05) is 0 Å². The van der Waals surface area contributed by atoms with Crippen LogP contribution in [0, 0.1) is 0 Å². The fraction of sp³-hybridized carbons (Fsp3) is 0.350. The van der Waals surface area contributed by atoms with Crippen molar-refractivity contribution >= 4 is 22.6 Å². The Hall–Kier alpha value is -3.18. The van der Waals surface area contributed by atoms with Crippen LogP contribution in [-0.2, 0) is 4.79 Å². The number of carbonyl (C=O) groups excluding carboxylic acids is 1. The van der Waals surface area contributed by atoms with E-state index in [1.54, 1.807) is 16.9 Å². The van der Waals surface area contributed by atoms with Crippen molar-refractivity contribution in [1.82, 2.24) is 20.1 Å². The average Bonchev–Trinajstić information content (AvgIpc) is 3.21. The second-order valence-electron chi connectivity index (χ2n) is 7.52. The van der Waals surface area contributed by atoms with Crippen LogP contribution in [0.3, 0.4) is 0 Å². The molecule has 0 unspecified atom stereocenters. The van der Waals surface area contributed by atoms with Gasteiger partial charge in [0.25, 0.3) is 5.91 Å². The molecule has 31 heavy (non-hydrogen) atoms. The van der Waals surface area contributed by atoms with Crippen molar-refractivity contribution in [1.29, 1.82) is 0 Å². The molecule has 162 valence electrons. The highest BCUT2D eigenvalue weighted by Crippen LogP contribution is 2.37. The standard InChI is InChI=1S/C20H18F3N5O3/c21-20(22,23)31-13-3-1-12(2-4-13)28-18-16(17(26-28)11-9-24-10-11)14(5-7-25-18)27-8-6-15(29)19(27)30/h1-5,7,11,15,24,29H,6,8-10H2/t15-/m0/s1. The summed E-state index contributed by atoms with van der Waals surface area (Å²) in [6, 6.07) is 7.08. The van der Waals surface area contributed by atoms with Gasteiger partial charge in [0.15, 0.2) is 5.65 Å². The number of rotatable bonds is 4. The number of anilines is 1. The number of alkyl halides is 3. The number of aromatic nitrogens is 3. The predicted molar refractivity (Wildman–Crippen MR) is 104 cm³/mol. The van der Waals surface area contributed by atoms with E-state index in [4.69, 9.17) is 5.10 Å². The van der Waals surface area contributed by atoms with Gasteiger partial charge in [-0.15, -0.1) is 13.2 Å². The minimum Gasteiger partial charge on any atom is -0.406 e. The third-order valence-electron chi connectivity index (χ3n) is 5.52. The summed E-state index contributed by atoms with van der Waals surface area (Å²) in [6.07, 6.45) is -3.91. The maximum atomic E-state index is 12.5. The van der Waals surface area contributed by atoms with Gasteiger partial charge in [-0.25, -0.2) is 9.67 Å². The van der Waals surface area contributed by atoms with Crippen LogP contribution in [0.5, 0.6) is 5.75 Å². The molecular weight excluding hydrogens is 415 g/mol. The van der Waals surface area contributed by atoms with E-state index in [0.717, 1.165) is 18.8 Å². The molecule has 2 aliphatic heterocycles. The van der Waals surface area contributed by atoms with Gasteiger partial charge >= 0.3 is 6.36 Å². The van der Waals surface area contributed by atoms with Crippen molar-refractivity contribution in [3.63, 3.8) is 0 Å². The van der Waals surface area contributed by atoms with Crippen molar-refractivity contribution in [2.75, 3.05) is 24.5 Å². The average molecular weight is 433 g/mol. The Morgan fingerprint density at radius 3 is 2.48 bits per heavy atom. The SMILES string of the molecule is O=C1[C@@H](O)CCN1c1ccnc2c1c(C1CNC1)nn2-c1ccc(OC(F)(F)F)cc1. The smallest absolute Gasteiger partial charge is 0.406 e. The summed E-state index contributed by atoms with van der Waals surface area (Å²) in [7, 11) is 0. The van der Waals surface area contributed by atoms with Gasteiger partial charge in [0, 0.05) is 38.2 Å². The molecule has 2 aromatic heterocycles. The van der Waals surface area contributed by atoms with E-state index in [-0.39, 0.29) is 17.6 Å². The van der Waals surface area contributed by atoms with Crippen LogP contribution in [0.15, 0.2) is 36.5 Å². The van der Waals surface area contributed by atoms with Gasteiger partial charge in [0.1, 0.15) is 11.9 Å². The van der Waals surface area contributed by atoms with Crippen LogP contribution in [0.1, 0.15) is 18.0 Å². The number of nitrogens with zero attached hydrogens (tertiary/aromatic N) is 4. The van der Waals surface area contributed by atoms with E-state index < -0.39 is 12.5 Å². The number of nitrogens with one attached hydrogen (secondary N) is 1. The number of carbonyl (C=O) groups is 1. The van der Waals surface area contributed by atoms with Gasteiger partial charge in [-0.2, -0.15) is 5.10 Å². The molecule has 1 atom stereocenters. The lowest BCUT2D eigenvalue weighted by Gasteiger charge is -2.26. The van der Waals surface area contributed by atoms with Gasteiger partial charge in [-0.05, 0) is 30.3 Å². The predicted octanol–water partition coefficient (Wildman–Crippen LogP) is 2.10. The molecule has 4 heterocycles. The summed E-state index contributed by atoms with van der Waals surface area (Å²) >= 11 is 0. The molecule has 2 N–H and O–H groups in total. The molecule has 1 aromatic carbocycles. The first-order valence-electron chi connectivity index (χ1n) is 9.76. The molecule has 5 rings (SSSR count). The minimum absolute atomic E-state index is 0.113. The molecule has 0 radical (unpaired) electrons. The largest absolute Gasteiger partial charge is 0.573 e. The number of aliphatic hydroxyl groups is 1. The molecule has 2 fully saturated rings. The van der Waals surface area contributed by atoms with E-state index >= 15 is 0 Å². The van der Waals surface area contributed by atoms with Crippen molar-refractivity contribution in [3.8, 4) is 11.4 Å². The zero-order valence-corrected chi connectivity index (χ0v) is 16.1. The van der Waals surface area contributed by atoms with E-state index in [9.17, 15) is 23.1 Å². The molecule has 0 saturated carbocycles. The Morgan fingerprint density at radius 1 is 1.16 bits per heavy atom. The fourth-order valence-electron chi connectivity index (χ4n) is 3.92. The molecule has 8 nitrogen and oxygen atoms in total. The zero-order valence-electron chi connectivity index (χ0n) is 16.1. The van der Waals surface area contributed by atoms with E-state index in [2.05, 4.69) is 15.0 Å². The minimum atomic E-state index is -4.77. The van der Waals surface area contributed by atoms with Crippen molar-refractivity contribution in [3.05, 3.63) is 42.2 Å². The van der Waals surface area contributed by atoms with Crippen molar-refractivity contribution < 1.29 is 27.8 Å². The Balaban J connectivity index is 1.61. The summed E-state index contributed by atoms with van der Waals surface area (Å²) in [4.78, 5) is 18.4. The molecule has 0 bridgehead atoms. The molecule has 2 aliphatic rings. The van der Waals surface area contributed by atoms with Crippen LogP contribution >= 0.6 is 0 Å². The number of fused-ring (bicyclic) bond motifs is 1. The van der Waals surface area contributed by atoms with Gasteiger partial charge < -0.3 is 20.1 Å². The number of hydrogen-bond acceptors (Lipinski definition) is 6. The van der Waals surface area contributed by atoms with Gasteiger partial charge in [0.05, 0.1) is 22.5 Å². The number of aliphatic hydroxyl groups excluding tert-OH is 1. The van der Waals surface area contributed by atoms with Gasteiger partial charge in [0.2, 0.25) is 0 Å². The zero-order chi connectivity index (χ0) is 21.8. The highest BCUT2D eigenvalue weighted by molar-refractivity contribution is 6.06. The van der Waals surface area contributed by atoms with Gasteiger partial charge in [-0.3, -0.25) is 4.79 Å². The number of amides is 1. The first kappa shape index (κ1) is 19.8. The first-order chi connectivity index (χ1) is 14.8. The Bertz CT molecular complexity index is 1140. The summed E-state index contributed by atoms with van der Waals surface area (Å²) in [5.74, 6) is -0.588. The lowest BCUT2D eigenvalue weighted by molar-refractivity contribution is -0.274. The second-order valence-corrected chi connectivity index (χ2v) is 7.52. The maximum Gasteiger partial charge on any atom is 0.573 e. The van der Waals surface area contributed by atoms with E-state index in [1.165, 1.54) is 29.2 Å². The van der Waals surface area contributed by atoms with E-state index in [0.29, 0.717) is 35.4 Å². The lowest BCUT2D eigenvalue weighted by atomic mass is 9.96. The molecule has 3 aromatic rings. The third kappa shape index (κ3) is 3.49.